The van der Waals surface area contributed by atoms with Crippen LogP contribution in [-0.2, 0) is 4.79 Å². The summed E-state index contributed by atoms with van der Waals surface area (Å²) in [6.45, 7) is 1.77. The first-order chi connectivity index (χ1) is 12.5. The van der Waals surface area contributed by atoms with Gasteiger partial charge in [-0.1, -0.05) is 11.6 Å². The van der Waals surface area contributed by atoms with Crippen LogP contribution in [0.5, 0.6) is 0 Å². The molecule has 0 aliphatic rings. The third kappa shape index (κ3) is 10.8. The molecule has 0 heterocycles. The summed E-state index contributed by atoms with van der Waals surface area (Å²) in [7, 11) is 3.48. The molecule has 0 aliphatic heterocycles. The molecule has 0 unspecified atom stereocenters. The highest BCUT2D eigenvalue weighted by molar-refractivity contribution is 7.99. The fraction of sp³-hybridized carbons (Fsp3) is 0.556. The standard InChI is InChI=1S/C18H29ClN4OS2/c1-23(2)17(24)14-22-18(20-10-4-5-12-25-3)21-11-13-26-16-8-6-15(19)7-9-16/h6-9H,4-5,10-14H2,1-3H3,(H2,20,21,22). The lowest BCUT2D eigenvalue weighted by Crippen LogP contribution is -2.40. The Morgan fingerprint density at radius 1 is 1.12 bits per heavy atom. The lowest BCUT2D eigenvalue weighted by atomic mass is 10.3. The number of halogens is 1. The summed E-state index contributed by atoms with van der Waals surface area (Å²) in [5, 5.41) is 7.36. The average molecular weight is 417 g/mol. The summed E-state index contributed by atoms with van der Waals surface area (Å²) in [4.78, 5) is 18.9. The normalized spacial score (nSPS) is 11.3. The number of hydrogen-bond acceptors (Lipinski definition) is 4. The van der Waals surface area contributed by atoms with Gasteiger partial charge in [0.15, 0.2) is 5.96 Å². The van der Waals surface area contributed by atoms with Crippen molar-refractivity contribution in [3.8, 4) is 0 Å². The van der Waals surface area contributed by atoms with Gasteiger partial charge >= 0.3 is 0 Å². The first-order valence-electron chi connectivity index (χ1n) is 8.62. The quantitative estimate of drug-likeness (QED) is 0.251. The zero-order valence-corrected chi connectivity index (χ0v) is 18.1. The molecule has 8 heteroatoms. The fourth-order valence-corrected chi connectivity index (χ4v) is 3.30. The number of nitrogens with zero attached hydrogens (tertiary/aromatic N) is 2. The Balaban J connectivity index is 2.40. The van der Waals surface area contributed by atoms with Crippen LogP contribution in [0.2, 0.25) is 5.02 Å². The third-order valence-corrected chi connectivity index (χ3v) is 5.38. The molecule has 1 amide bonds. The number of nitrogens with one attached hydrogen (secondary N) is 2. The monoisotopic (exact) mass is 416 g/mol. The molecule has 1 aromatic rings. The van der Waals surface area contributed by atoms with Crippen LogP contribution >= 0.6 is 35.1 Å². The lowest BCUT2D eigenvalue weighted by molar-refractivity contribution is -0.127. The maximum atomic E-state index is 11.8. The van der Waals surface area contributed by atoms with Gasteiger partial charge in [-0.25, -0.2) is 4.99 Å². The number of guanidine groups is 1. The molecule has 1 aromatic carbocycles. The van der Waals surface area contributed by atoms with Crippen LogP contribution in [0.1, 0.15) is 12.8 Å². The molecular weight excluding hydrogens is 388 g/mol. The van der Waals surface area contributed by atoms with E-state index in [0.29, 0.717) is 5.96 Å². The Kier molecular flexibility index (Phi) is 12.4. The second-order valence-corrected chi connectivity index (χ2v) is 8.40. The number of carbonyl (C=O) groups is 1. The van der Waals surface area contributed by atoms with Gasteiger partial charge in [0.05, 0.1) is 0 Å². The number of aliphatic imine (C=N–C) groups is 1. The van der Waals surface area contributed by atoms with Gasteiger partial charge < -0.3 is 15.5 Å². The van der Waals surface area contributed by atoms with Gasteiger partial charge in [0, 0.05) is 42.9 Å². The van der Waals surface area contributed by atoms with Crippen LogP contribution < -0.4 is 10.6 Å². The molecule has 0 radical (unpaired) electrons. The van der Waals surface area contributed by atoms with Crippen molar-refractivity contribution in [2.75, 3.05) is 51.5 Å². The summed E-state index contributed by atoms with van der Waals surface area (Å²) < 4.78 is 0. The average Bonchev–Trinajstić information content (AvgIpc) is 2.63. The van der Waals surface area contributed by atoms with E-state index in [4.69, 9.17) is 11.6 Å². The van der Waals surface area contributed by atoms with Crippen molar-refractivity contribution in [2.24, 2.45) is 4.99 Å². The molecule has 0 bridgehead atoms. The minimum atomic E-state index is -0.0102. The zero-order chi connectivity index (χ0) is 19.2. The van der Waals surface area contributed by atoms with Crippen molar-refractivity contribution in [2.45, 2.75) is 17.7 Å². The Morgan fingerprint density at radius 2 is 1.81 bits per heavy atom. The molecule has 5 nitrogen and oxygen atoms in total. The molecule has 26 heavy (non-hydrogen) atoms. The van der Waals surface area contributed by atoms with Crippen molar-refractivity contribution < 1.29 is 4.79 Å². The highest BCUT2D eigenvalue weighted by Crippen LogP contribution is 2.19. The van der Waals surface area contributed by atoms with Crippen LogP contribution in [0.25, 0.3) is 0 Å². The van der Waals surface area contributed by atoms with E-state index < -0.39 is 0 Å². The fourth-order valence-electron chi connectivity index (χ4n) is 1.91. The van der Waals surface area contributed by atoms with Gasteiger partial charge in [-0.05, 0) is 49.1 Å². The number of thioether (sulfide) groups is 2. The molecule has 146 valence electrons. The summed E-state index contributed by atoms with van der Waals surface area (Å²) >= 11 is 9.51. The predicted molar refractivity (Wildman–Crippen MR) is 117 cm³/mol. The van der Waals surface area contributed by atoms with Crippen molar-refractivity contribution in [1.82, 2.24) is 15.5 Å². The van der Waals surface area contributed by atoms with Crippen molar-refractivity contribution in [1.29, 1.82) is 0 Å². The first-order valence-corrected chi connectivity index (χ1v) is 11.4. The van der Waals surface area contributed by atoms with Gasteiger partial charge in [0.25, 0.3) is 0 Å². The second-order valence-electron chi connectivity index (χ2n) is 5.81. The Morgan fingerprint density at radius 3 is 2.46 bits per heavy atom. The van der Waals surface area contributed by atoms with Gasteiger partial charge in [-0.3, -0.25) is 4.79 Å². The summed E-state index contributed by atoms with van der Waals surface area (Å²) in [5.41, 5.74) is 0. The lowest BCUT2D eigenvalue weighted by Gasteiger charge is -2.13. The molecule has 0 saturated carbocycles. The van der Waals surface area contributed by atoms with Crippen LogP contribution in [0.4, 0.5) is 0 Å². The number of likely N-dealkylation sites (N-methyl/N-ethyl adjacent to an activating group) is 1. The topological polar surface area (TPSA) is 56.7 Å². The predicted octanol–water partition coefficient (Wildman–Crippen LogP) is 3.20. The van der Waals surface area contributed by atoms with Crippen molar-refractivity contribution in [3.05, 3.63) is 29.3 Å². The Bertz CT molecular complexity index is 553. The number of hydrogen-bond donors (Lipinski definition) is 2. The van der Waals surface area contributed by atoms with Crippen LogP contribution in [-0.4, -0.2) is 68.3 Å². The molecule has 0 saturated heterocycles. The first kappa shape index (κ1) is 23.0. The summed E-state index contributed by atoms with van der Waals surface area (Å²) in [6, 6.07) is 7.82. The Labute approximate surface area is 170 Å². The molecule has 0 aromatic heterocycles. The molecule has 1 rings (SSSR count). The molecular formula is C18H29ClN4OS2. The van der Waals surface area contributed by atoms with E-state index >= 15 is 0 Å². The molecule has 0 aliphatic carbocycles. The number of unbranched alkanes of at least 4 members (excludes halogenated alkanes) is 1. The van der Waals surface area contributed by atoms with E-state index in [0.717, 1.165) is 30.3 Å². The van der Waals surface area contributed by atoms with E-state index in [9.17, 15) is 4.79 Å². The van der Waals surface area contributed by atoms with Gasteiger partial charge in [0.2, 0.25) is 5.91 Å². The minimum Gasteiger partial charge on any atom is -0.356 e. The van der Waals surface area contributed by atoms with Crippen LogP contribution in [0.3, 0.4) is 0 Å². The Hall–Kier alpha value is -1.05. The largest absolute Gasteiger partial charge is 0.356 e. The van der Waals surface area contributed by atoms with Gasteiger partial charge in [-0.15, -0.1) is 11.8 Å². The molecule has 0 fully saturated rings. The van der Waals surface area contributed by atoms with E-state index in [1.807, 2.05) is 36.0 Å². The minimum absolute atomic E-state index is 0.0102. The van der Waals surface area contributed by atoms with Crippen molar-refractivity contribution >= 4 is 47.0 Å². The number of carbonyl (C=O) groups excluding carboxylic acids is 1. The van der Waals surface area contributed by atoms with Crippen molar-refractivity contribution in [3.63, 3.8) is 0 Å². The third-order valence-electron chi connectivity index (χ3n) is 3.42. The maximum absolute atomic E-state index is 11.8. The molecule has 0 atom stereocenters. The maximum Gasteiger partial charge on any atom is 0.243 e. The number of benzene rings is 1. The molecule has 2 N–H and O–H groups in total. The second kappa shape index (κ2) is 14.1. The summed E-state index contributed by atoms with van der Waals surface area (Å²) in [5.74, 6) is 2.75. The smallest absolute Gasteiger partial charge is 0.243 e. The number of rotatable bonds is 11. The summed E-state index contributed by atoms with van der Waals surface area (Å²) in [6.07, 6.45) is 4.38. The van der Waals surface area contributed by atoms with E-state index in [-0.39, 0.29) is 12.5 Å². The van der Waals surface area contributed by atoms with E-state index in [1.54, 1.807) is 30.8 Å². The van der Waals surface area contributed by atoms with E-state index in [2.05, 4.69) is 21.9 Å². The van der Waals surface area contributed by atoms with Gasteiger partial charge in [0.1, 0.15) is 6.54 Å². The molecule has 0 spiro atoms. The zero-order valence-electron chi connectivity index (χ0n) is 15.8. The van der Waals surface area contributed by atoms with Gasteiger partial charge in [-0.2, -0.15) is 11.8 Å². The number of amides is 1. The van der Waals surface area contributed by atoms with Crippen LogP contribution in [0, 0.1) is 0 Å². The highest BCUT2D eigenvalue weighted by Gasteiger charge is 2.04. The SMILES string of the molecule is CSCCCCNC(=NCC(=O)N(C)C)NCCSc1ccc(Cl)cc1. The van der Waals surface area contributed by atoms with E-state index in [1.165, 1.54) is 17.1 Å². The van der Waals surface area contributed by atoms with Crippen LogP contribution in [0.15, 0.2) is 34.2 Å². The highest BCUT2D eigenvalue weighted by atomic mass is 35.5.